The van der Waals surface area contributed by atoms with Gasteiger partial charge in [-0.3, -0.25) is 18.7 Å². The Hall–Kier alpha value is -7.41. The van der Waals surface area contributed by atoms with Gasteiger partial charge in [0.25, 0.3) is 11.8 Å². The molecule has 2 aliphatic rings. The first kappa shape index (κ1) is 38.8. The van der Waals surface area contributed by atoms with E-state index in [4.69, 9.17) is 35.6 Å². The molecule has 0 fully saturated rings. The number of halogens is 1. The number of carbonyl (C=O) groups excluding carboxylic acids is 2. The van der Waals surface area contributed by atoms with Gasteiger partial charge >= 0.3 is 12.0 Å². The van der Waals surface area contributed by atoms with E-state index in [1.165, 1.54) is 12.7 Å². The summed E-state index contributed by atoms with van der Waals surface area (Å²) in [7, 11) is 0. The largest absolute Gasteiger partial charge is 0.475 e. The summed E-state index contributed by atoms with van der Waals surface area (Å²) in [4.78, 5) is 45.2. The fourth-order valence-electron chi connectivity index (χ4n) is 6.46. The maximum atomic E-state index is 13.1. The maximum Gasteiger partial charge on any atom is 0.327 e. The molecule has 2 N–H and O–H groups in total. The predicted octanol–water partition coefficient (Wildman–Crippen LogP) is 5.81. The average molecular weight is 806 g/mol. The van der Waals surface area contributed by atoms with Crippen LogP contribution in [0.25, 0.3) is 33.8 Å². The van der Waals surface area contributed by atoms with Gasteiger partial charge in [0.15, 0.2) is 0 Å². The first-order valence-electron chi connectivity index (χ1n) is 17.1. The normalized spacial score (nSPS) is 13.6. The molecule has 0 radical (unpaired) electrons. The van der Waals surface area contributed by atoms with Crippen LogP contribution in [0.1, 0.15) is 47.4 Å². The summed E-state index contributed by atoms with van der Waals surface area (Å²) in [6.07, 6.45) is 6.24. The van der Waals surface area contributed by atoms with Crippen LogP contribution in [0.15, 0.2) is 82.4 Å². The summed E-state index contributed by atoms with van der Waals surface area (Å²) in [5, 5.41) is 17.7. The van der Waals surface area contributed by atoms with Crippen LogP contribution in [-0.2, 0) is 0 Å². The molecule has 20 heteroatoms. The van der Waals surface area contributed by atoms with E-state index in [-0.39, 0.29) is 60.5 Å². The highest BCUT2D eigenvalue weighted by Crippen LogP contribution is 2.32. The molecule has 0 spiro atoms. The van der Waals surface area contributed by atoms with Gasteiger partial charge in [-0.05, 0) is 48.5 Å². The molecule has 58 heavy (non-hydrogen) atoms. The number of aromatic nitrogens is 10. The molecule has 2 aromatic carbocycles. The Morgan fingerprint density at radius 3 is 1.62 bits per heavy atom. The van der Waals surface area contributed by atoms with Gasteiger partial charge in [-0.25, -0.2) is 19.9 Å². The Labute approximate surface area is 335 Å². The Balaban J connectivity index is 0.000000171. The van der Waals surface area contributed by atoms with E-state index in [1.54, 1.807) is 32.8 Å². The lowest BCUT2D eigenvalue weighted by Crippen LogP contribution is -2.32. The summed E-state index contributed by atoms with van der Waals surface area (Å²) in [5.41, 5.74) is 9.44. The third-order valence-corrected chi connectivity index (χ3v) is 9.33. The van der Waals surface area contributed by atoms with Crippen LogP contribution >= 0.6 is 11.6 Å². The van der Waals surface area contributed by atoms with Gasteiger partial charge in [-0.2, -0.15) is 0 Å². The number of carbonyl (C=O) groups is 2. The molecule has 19 nitrogen and oxygen atoms in total. The van der Waals surface area contributed by atoms with Crippen LogP contribution in [0.3, 0.4) is 0 Å². The van der Waals surface area contributed by atoms with Crippen LogP contribution in [-0.4, -0.2) is 87.6 Å². The van der Waals surface area contributed by atoms with E-state index in [1.807, 2.05) is 60.9 Å². The SMILES string of the molecule is C.C.Cc1nnc(-n2ccc3cc(N4CCOc5ncnc(Cl)c5C4=O)ccc32)o1.Cc1nnc(-n2ccc3cc(N4CCOc5ncnc(N)c5C4=O)ccc32)o1. The molecule has 0 atom stereocenters. The number of hydrogen-bond acceptors (Lipinski definition) is 15. The van der Waals surface area contributed by atoms with E-state index in [2.05, 4.69) is 40.3 Å². The minimum absolute atomic E-state index is 0. The molecule has 6 aromatic heterocycles. The first-order valence-corrected chi connectivity index (χ1v) is 17.4. The molecule has 2 aliphatic heterocycles. The topological polar surface area (TPSA) is 224 Å². The van der Waals surface area contributed by atoms with Crippen molar-refractivity contribution >= 4 is 62.4 Å². The van der Waals surface area contributed by atoms with Crippen LogP contribution in [0.5, 0.6) is 11.8 Å². The highest BCUT2D eigenvalue weighted by molar-refractivity contribution is 6.33. The number of ether oxygens (including phenoxy) is 2. The van der Waals surface area contributed by atoms with Gasteiger partial charge in [-0.15, -0.1) is 10.2 Å². The number of aryl methyl sites for hydroxylation is 2. The number of amides is 2. The van der Waals surface area contributed by atoms with Crippen LogP contribution < -0.4 is 25.0 Å². The molecule has 10 rings (SSSR count). The molecule has 0 unspecified atom stereocenters. The van der Waals surface area contributed by atoms with Gasteiger partial charge in [0, 0.05) is 48.4 Å². The van der Waals surface area contributed by atoms with E-state index >= 15 is 0 Å². The highest BCUT2D eigenvalue weighted by Gasteiger charge is 2.30. The third-order valence-electron chi connectivity index (χ3n) is 9.05. The fourth-order valence-corrected chi connectivity index (χ4v) is 6.67. The molecule has 8 heterocycles. The maximum absolute atomic E-state index is 13.1. The molecule has 0 bridgehead atoms. The second-order valence-corrected chi connectivity index (χ2v) is 12.8. The Morgan fingerprint density at radius 2 is 1.12 bits per heavy atom. The number of benzene rings is 2. The fraction of sp³-hybridized carbons (Fsp3) is 0.211. The molecule has 0 saturated carbocycles. The zero-order chi connectivity index (χ0) is 38.5. The summed E-state index contributed by atoms with van der Waals surface area (Å²) in [6, 6.07) is 15.9. The highest BCUT2D eigenvalue weighted by atomic mass is 35.5. The minimum Gasteiger partial charge on any atom is -0.475 e. The van der Waals surface area contributed by atoms with E-state index < -0.39 is 0 Å². The quantitative estimate of drug-likeness (QED) is 0.207. The minimum atomic E-state index is -0.301. The zero-order valence-corrected chi connectivity index (χ0v) is 30.3. The van der Waals surface area contributed by atoms with Gasteiger partial charge in [0.2, 0.25) is 23.5 Å². The lowest BCUT2D eigenvalue weighted by molar-refractivity contribution is 0.0982. The summed E-state index contributed by atoms with van der Waals surface area (Å²) in [6.45, 7) is 4.80. The summed E-state index contributed by atoms with van der Waals surface area (Å²) < 4.78 is 25.7. The van der Waals surface area contributed by atoms with Crippen molar-refractivity contribution < 1.29 is 27.9 Å². The molecular formula is C38H36ClN13O6. The second-order valence-electron chi connectivity index (χ2n) is 12.5. The van der Waals surface area contributed by atoms with Crippen molar-refractivity contribution in [1.82, 2.24) is 49.5 Å². The molecule has 0 saturated heterocycles. The molecule has 296 valence electrons. The first-order chi connectivity index (χ1) is 27.2. The molecule has 8 aromatic rings. The lowest BCUT2D eigenvalue weighted by Gasteiger charge is -2.20. The van der Waals surface area contributed by atoms with Crippen LogP contribution in [0.2, 0.25) is 5.15 Å². The number of hydrogen-bond donors (Lipinski definition) is 1. The smallest absolute Gasteiger partial charge is 0.327 e. The van der Waals surface area contributed by atoms with Crippen LogP contribution in [0, 0.1) is 13.8 Å². The van der Waals surface area contributed by atoms with Crippen molar-refractivity contribution in [3.63, 3.8) is 0 Å². The number of nitrogen functional groups attached to an aromatic ring is 1. The number of nitrogens with two attached hydrogens (primary N) is 1. The van der Waals surface area contributed by atoms with Gasteiger partial charge in [0.1, 0.15) is 48.0 Å². The van der Waals surface area contributed by atoms with Crippen molar-refractivity contribution in [1.29, 1.82) is 0 Å². The second kappa shape index (κ2) is 15.6. The number of anilines is 3. The van der Waals surface area contributed by atoms with Gasteiger partial charge < -0.3 is 33.8 Å². The van der Waals surface area contributed by atoms with Crippen molar-refractivity contribution in [3.05, 3.63) is 102 Å². The number of rotatable bonds is 4. The Bertz CT molecular complexity index is 2620. The summed E-state index contributed by atoms with van der Waals surface area (Å²) in [5.74, 6) is 0.885. The van der Waals surface area contributed by atoms with E-state index in [0.717, 1.165) is 27.5 Å². The standard InChI is InChI=1S/C18H13ClN6O3.C18H15N7O3.2CH4/c2*1-10-22-23-18(28-10)25-5-4-11-8-12(2-3-13(11)25)24-6-7-27-16-14(17(24)26)15(19)20-9-21-16;;/h2-5,8-9H,6-7H2,1H3;2-5,8-9H,6-7H2,1H3,(H2,19,20,21);2*1H4. The van der Waals surface area contributed by atoms with E-state index in [9.17, 15) is 9.59 Å². The molecule has 0 aliphatic carbocycles. The average Bonchev–Trinajstić information content (AvgIpc) is 3.98. The number of fused-ring (bicyclic) bond motifs is 4. The number of nitrogens with zero attached hydrogens (tertiary/aromatic N) is 12. The lowest BCUT2D eigenvalue weighted by atomic mass is 10.2. The van der Waals surface area contributed by atoms with Gasteiger partial charge in [0.05, 0.1) is 24.1 Å². The predicted molar refractivity (Wildman–Crippen MR) is 213 cm³/mol. The Morgan fingerprint density at radius 1 is 0.638 bits per heavy atom. The third kappa shape index (κ3) is 6.87. The van der Waals surface area contributed by atoms with Crippen molar-refractivity contribution in [3.8, 4) is 23.8 Å². The van der Waals surface area contributed by atoms with Crippen molar-refractivity contribution in [2.24, 2.45) is 0 Å². The van der Waals surface area contributed by atoms with Crippen LogP contribution in [0.4, 0.5) is 17.2 Å². The monoisotopic (exact) mass is 805 g/mol. The van der Waals surface area contributed by atoms with Crippen molar-refractivity contribution in [2.45, 2.75) is 28.7 Å². The summed E-state index contributed by atoms with van der Waals surface area (Å²) >= 11 is 6.13. The van der Waals surface area contributed by atoms with Crippen molar-refractivity contribution in [2.75, 3.05) is 41.8 Å². The molecule has 2 amide bonds. The zero-order valence-electron chi connectivity index (χ0n) is 29.5. The van der Waals surface area contributed by atoms with Gasteiger partial charge in [-0.1, -0.05) is 36.7 Å². The Kier molecular flexibility index (Phi) is 10.5. The molecular weight excluding hydrogens is 770 g/mol. The van der Waals surface area contributed by atoms with E-state index in [0.29, 0.717) is 55.8 Å².